The van der Waals surface area contributed by atoms with Gasteiger partial charge in [0.1, 0.15) is 48.3 Å². The van der Waals surface area contributed by atoms with E-state index in [0.717, 1.165) is 0 Å². The fourth-order valence-corrected chi connectivity index (χ4v) is 6.55. The maximum absolute atomic E-state index is 13.9. The molecular formula is C42H72N14O17. The van der Waals surface area contributed by atoms with Crippen LogP contribution in [0.2, 0.25) is 0 Å². The molecule has 0 aromatic carbocycles. The molecule has 0 aliphatic heterocycles. The number of nitrogens with one attached hydrogen (secondary N) is 8. The third kappa shape index (κ3) is 28.1. The molecule has 0 aliphatic rings. The number of aliphatic hydroxyl groups excluding tert-OH is 1. The van der Waals surface area contributed by atoms with Gasteiger partial charge < -0.3 is 91.6 Å². The lowest BCUT2D eigenvalue weighted by Gasteiger charge is -2.28. The van der Waals surface area contributed by atoms with Gasteiger partial charge in [-0.25, -0.2) is 4.79 Å². The van der Waals surface area contributed by atoms with Crippen LogP contribution in [0.3, 0.4) is 0 Å². The third-order valence-electron chi connectivity index (χ3n) is 10.2. The smallest absolute Gasteiger partial charge is 0.326 e. The lowest BCUT2D eigenvalue weighted by molar-refractivity contribution is -0.142. The summed E-state index contributed by atoms with van der Waals surface area (Å²) in [4.78, 5) is 170. The predicted octanol–water partition coefficient (Wildman–Crippen LogP) is -7.08. The molecular weight excluding hydrogens is 973 g/mol. The first kappa shape index (κ1) is 65.3. The first-order valence-corrected chi connectivity index (χ1v) is 23.0. The van der Waals surface area contributed by atoms with Gasteiger partial charge in [-0.15, -0.1) is 0 Å². The maximum Gasteiger partial charge on any atom is 0.326 e. The molecule has 0 rings (SSSR count). The van der Waals surface area contributed by atoms with Gasteiger partial charge in [-0.2, -0.15) is 0 Å². The van der Waals surface area contributed by atoms with E-state index in [0.29, 0.717) is 0 Å². The van der Waals surface area contributed by atoms with Crippen molar-refractivity contribution in [3.05, 3.63) is 0 Å². The molecule has 0 aromatic rings. The monoisotopic (exact) mass is 1040 g/mol. The van der Waals surface area contributed by atoms with Crippen LogP contribution in [0.5, 0.6) is 0 Å². The Morgan fingerprint density at radius 2 is 0.808 bits per heavy atom. The van der Waals surface area contributed by atoms with E-state index in [4.69, 9.17) is 28.7 Å². The minimum Gasteiger partial charge on any atom is -0.481 e. The van der Waals surface area contributed by atoms with Crippen LogP contribution in [0.1, 0.15) is 98.3 Å². The number of carboxylic acids is 3. The second kappa shape index (κ2) is 33.8. The van der Waals surface area contributed by atoms with Gasteiger partial charge in [-0.05, 0) is 56.8 Å². The number of nitrogens with zero attached hydrogens (tertiary/aromatic N) is 1. The number of rotatable bonds is 37. The Morgan fingerprint density at radius 3 is 1.15 bits per heavy atom. The molecule has 0 saturated carbocycles. The molecule has 22 N–H and O–H groups in total. The number of aliphatic imine (C=N–C) groups is 1. The molecule has 31 heteroatoms. The van der Waals surface area contributed by atoms with Crippen LogP contribution in [0.25, 0.3) is 0 Å². The summed E-state index contributed by atoms with van der Waals surface area (Å²) in [5.41, 5.74) is 26.4. The van der Waals surface area contributed by atoms with E-state index in [1.165, 1.54) is 0 Å². The minimum absolute atomic E-state index is 0.0378. The van der Waals surface area contributed by atoms with Crippen LogP contribution < -0.4 is 71.2 Å². The number of amides is 10. The van der Waals surface area contributed by atoms with Crippen molar-refractivity contribution in [2.45, 2.75) is 147 Å². The van der Waals surface area contributed by atoms with Gasteiger partial charge in [0.25, 0.3) is 0 Å². The van der Waals surface area contributed by atoms with Crippen molar-refractivity contribution in [1.29, 1.82) is 0 Å². The zero-order valence-electron chi connectivity index (χ0n) is 41.1. The molecule has 412 valence electrons. The van der Waals surface area contributed by atoms with Crippen molar-refractivity contribution >= 4 is 82.9 Å². The van der Waals surface area contributed by atoms with Crippen LogP contribution in [0.4, 0.5) is 0 Å². The zero-order valence-corrected chi connectivity index (χ0v) is 41.1. The Kier molecular flexibility index (Phi) is 30.2. The van der Waals surface area contributed by atoms with Crippen LogP contribution in [-0.2, 0) is 62.3 Å². The lowest BCUT2D eigenvalue weighted by atomic mass is 10.0. The van der Waals surface area contributed by atoms with Gasteiger partial charge in [0, 0.05) is 25.8 Å². The average molecular weight is 1050 g/mol. The van der Waals surface area contributed by atoms with Crippen molar-refractivity contribution in [3.63, 3.8) is 0 Å². The fraction of sp³-hybridized carbons (Fsp3) is 0.667. The molecule has 0 fully saturated rings. The van der Waals surface area contributed by atoms with E-state index in [1.54, 1.807) is 27.7 Å². The quantitative estimate of drug-likeness (QED) is 0.0156. The molecule has 0 bridgehead atoms. The summed E-state index contributed by atoms with van der Waals surface area (Å²) in [6.45, 7) is 5.13. The van der Waals surface area contributed by atoms with Crippen LogP contribution in [0, 0.1) is 11.8 Å². The number of hydrogen-bond acceptors (Lipinski definition) is 16. The summed E-state index contributed by atoms with van der Waals surface area (Å²) >= 11 is 0. The SMILES string of the molecule is CC(C)C[C@H](NC(=O)[C@H](CCC(N)=O)NC(=O)[C@H](CC(=O)O)NC(=O)[C@H](CCC(=O)O)NC(=O)[C@H](CC(C)C)NC(=O)[C@H](CCC(N)=O)NC(=O)[C@H](CO)NC(=O)CN)C(=O)N[C@@H](CCCN=C(N)N)C(=O)O. The normalized spacial score (nSPS) is 14.2. The van der Waals surface area contributed by atoms with E-state index < -0.39 is 183 Å². The van der Waals surface area contributed by atoms with E-state index in [1.807, 2.05) is 0 Å². The molecule has 0 aliphatic carbocycles. The molecule has 0 unspecified atom stereocenters. The number of nitrogens with two attached hydrogens (primary N) is 5. The summed E-state index contributed by atoms with van der Waals surface area (Å²) in [6, 6.07) is -13.4. The summed E-state index contributed by atoms with van der Waals surface area (Å²) in [7, 11) is 0. The molecule has 0 spiro atoms. The maximum atomic E-state index is 13.9. The Hall–Kier alpha value is -7.70. The Labute approximate surface area is 419 Å². The summed E-state index contributed by atoms with van der Waals surface area (Å²) in [5, 5.41) is 56.7. The predicted molar refractivity (Wildman–Crippen MR) is 254 cm³/mol. The topological polar surface area (TPSA) is 542 Å². The Morgan fingerprint density at radius 1 is 0.452 bits per heavy atom. The van der Waals surface area contributed by atoms with Crippen molar-refractivity contribution in [1.82, 2.24) is 42.5 Å². The van der Waals surface area contributed by atoms with Crippen molar-refractivity contribution in [2.75, 3.05) is 19.7 Å². The second-order valence-electron chi connectivity index (χ2n) is 17.5. The number of aliphatic carboxylic acids is 3. The van der Waals surface area contributed by atoms with Gasteiger partial charge in [0.05, 0.1) is 19.6 Å². The molecule has 8 atom stereocenters. The molecule has 0 heterocycles. The standard InChI is InChI=1S/C42H72N14O17/c1-19(2)14-25(54-35(66)22(8-11-30(45)59)52-40(71)28(18-57)49-31(60)17-43)37(68)51-23(9-12-32(61)62)36(67)56-27(16-33(63)64)39(70)50-21(7-10-29(44)58)34(65)55-26(15-20(3)4)38(69)53-24(41(72)73)6-5-13-48-42(46)47/h19-28,57H,5-18,43H2,1-4H3,(H2,44,58)(H2,45,59)(H,49,60)(H,50,70)(H,51,68)(H,52,71)(H,53,69)(H,54,66)(H,55,65)(H,56,67)(H,61,62)(H,63,64)(H,72,73)(H4,46,47,48)/t21-,22-,23-,24-,25-,26-,27-,28-/m0/s1. The molecule has 31 nitrogen and oxygen atoms in total. The van der Waals surface area contributed by atoms with E-state index in [9.17, 15) is 82.8 Å². The lowest BCUT2D eigenvalue weighted by Crippen LogP contribution is -2.60. The van der Waals surface area contributed by atoms with Gasteiger partial charge in [-0.3, -0.25) is 62.5 Å². The zero-order chi connectivity index (χ0) is 56.1. The minimum atomic E-state index is -2.08. The van der Waals surface area contributed by atoms with Crippen LogP contribution in [-0.4, -0.2) is 171 Å². The first-order valence-electron chi connectivity index (χ1n) is 23.0. The number of guanidine groups is 1. The summed E-state index contributed by atoms with van der Waals surface area (Å²) in [5.74, 6) is -16.3. The second-order valence-corrected chi connectivity index (χ2v) is 17.5. The number of hydrogen-bond donors (Lipinski definition) is 17. The van der Waals surface area contributed by atoms with Crippen molar-refractivity contribution in [2.24, 2.45) is 45.5 Å². The highest BCUT2D eigenvalue weighted by molar-refractivity contribution is 5.99. The molecule has 0 aromatic heterocycles. The molecule has 0 radical (unpaired) electrons. The highest BCUT2D eigenvalue weighted by atomic mass is 16.4. The molecule has 73 heavy (non-hydrogen) atoms. The molecule has 0 saturated heterocycles. The number of carboxylic acid groups (broad SMARTS) is 3. The van der Waals surface area contributed by atoms with Gasteiger partial charge >= 0.3 is 17.9 Å². The number of aliphatic hydroxyl groups is 1. The third-order valence-corrected chi connectivity index (χ3v) is 10.2. The summed E-state index contributed by atoms with van der Waals surface area (Å²) < 4.78 is 0. The number of primary amides is 2. The summed E-state index contributed by atoms with van der Waals surface area (Å²) in [6.07, 6.45) is -4.94. The molecule has 10 amide bonds. The largest absolute Gasteiger partial charge is 0.481 e. The fourth-order valence-electron chi connectivity index (χ4n) is 6.55. The van der Waals surface area contributed by atoms with Crippen molar-refractivity contribution < 1.29 is 82.8 Å². The van der Waals surface area contributed by atoms with Crippen LogP contribution >= 0.6 is 0 Å². The van der Waals surface area contributed by atoms with Gasteiger partial charge in [0.2, 0.25) is 59.1 Å². The van der Waals surface area contributed by atoms with Gasteiger partial charge in [0.15, 0.2) is 5.96 Å². The highest BCUT2D eigenvalue weighted by Crippen LogP contribution is 2.12. The average Bonchev–Trinajstić information content (AvgIpc) is 3.28. The Bertz CT molecular complexity index is 2000. The highest BCUT2D eigenvalue weighted by Gasteiger charge is 2.36. The van der Waals surface area contributed by atoms with E-state index >= 15 is 0 Å². The van der Waals surface area contributed by atoms with Crippen LogP contribution in [0.15, 0.2) is 4.99 Å². The van der Waals surface area contributed by atoms with E-state index in [-0.39, 0.29) is 50.0 Å². The van der Waals surface area contributed by atoms with Gasteiger partial charge in [-0.1, -0.05) is 27.7 Å². The van der Waals surface area contributed by atoms with E-state index in [2.05, 4.69) is 47.5 Å². The number of carbonyl (C=O) groups excluding carboxylic acids is 10. The first-order chi connectivity index (χ1) is 34.0. The Balaban J connectivity index is 6.77. The number of carbonyl (C=O) groups is 13. The van der Waals surface area contributed by atoms with Crippen molar-refractivity contribution in [3.8, 4) is 0 Å².